The van der Waals surface area contributed by atoms with E-state index in [0.717, 1.165) is 58.6 Å². The SMILES string of the molecule is Cc1ccc(Nc2c(C#N)cnc3cc(-c4ccc(CNCCc5cnc[nH]5)s4)ccc23)c(C)c1. The molecule has 0 amide bonds. The molecule has 0 aliphatic heterocycles. The molecular weight excluding hydrogens is 452 g/mol. The molecule has 0 unspecified atom stereocenters. The molecule has 174 valence electrons. The Morgan fingerprint density at radius 2 is 1.97 bits per heavy atom. The molecule has 0 atom stereocenters. The zero-order valence-corrected chi connectivity index (χ0v) is 20.5. The van der Waals surface area contributed by atoms with Crippen LogP contribution in [0.15, 0.2) is 67.3 Å². The van der Waals surface area contributed by atoms with E-state index in [-0.39, 0.29) is 0 Å². The number of aromatic nitrogens is 3. The first kappa shape index (κ1) is 22.8. The number of imidazole rings is 1. The van der Waals surface area contributed by atoms with E-state index < -0.39 is 0 Å². The van der Waals surface area contributed by atoms with Crippen molar-refractivity contribution in [3.63, 3.8) is 0 Å². The van der Waals surface area contributed by atoms with E-state index in [2.05, 4.69) is 94.0 Å². The molecule has 7 heteroatoms. The van der Waals surface area contributed by atoms with Crippen molar-refractivity contribution in [1.29, 1.82) is 5.26 Å². The molecule has 35 heavy (non-hydrogen) atoms. The van der Waals surface area contributed by atoms with E-state index in [0.29, 0.717) is 5.56 Å². The highest BCUT2D eigenvalue weighted by Crippen LogP contribution is 2.34. The van der Waals surface area contributed by atoms with Crippen LogP contribution in [0, 0.1) is 25.2 Å². The fraction of sp³-hybridized carbons (Fsp3) is 0.179. The van der Waals surface area contributed by atoms with Crippen LogP contribution < -0.4 is 10.6 Å². The third kappa shape index (κ3) is 5.09. The van der Waals surface area contributed by atoms with Crippen LogP contribution in [0.2, 0.25) is 0 Å². The van der Waals surface area contributed by atoms with Crippen molar-refractivity contribution in [1.82, 2.24) is 20.3 Å². The fourth-order valence-electron chi connectivity index (χ4n) is 4.14. The third-order valence-corrected chi connectivity index (χ3v) is 7.14. The molecule has 6 nitrogen and oxygen atoms in total. The highest BCUT2D eigenvalue weighted by atomic mass is 32.1. The summed E-state index contributed by atoms with van der Waals surface area (Å²) in [5.74, 6) is 0. The topological polar surface area (TPSA) is 89.4 Å². The molecule has 3 N–H and O–H groups in total. The second kappa shape index (κ2) is 10.1. The van der Waals surface area contributed by atoms with Crippen LogP contribution in [0.4, 0.5) is 11.4 Å². The van der Waals surface area contributed by atoms with Crippen LogP contribution in [0.5, 0.6) is 0 Å². The summed E-state index contributed by atoms with van der Waals surface area (Å²) in [5.41, 5.74) is 7.79. The van der Waals surface area contributed by atoms with E-state index in [4.69, 9.17) is 0 Å². The van der Waals surface area contributed by atoms with Crippen molar-refractivity contribution in [3.05, 3.63) is 94.5 Å². The highest BCUT2D eigenvalue weighted by molar-refractivity contribution is 7.15. The quantitative estimate of drug-likeness (QED) is 0.229. The smallest absolute Gasteiger partial charge is 0.103 e. The fourth-order valence-corrected chi connectivity index (χ4v) is 5.11. The average Bonchev–Trinajstić information content (AvgIpc) is 3.56. The highest BCUT2D eigenvalue weighted by Gasteiger charge is 2.12. The normalized spacial score (nSPS) is 11.0. The summed E-state index contributed by atoms with van der Waals surface area (Å²) in [5, 5.41) is 17.6. The maximum Gasteiger partial charge on any atom is 0.103 e. The van der Waals surface area contributed by atoms with Crippen LogP contribution in [0.3, 0.4) is 0 Å². The van der Waals surface area contributed by atoms with Crippen molar-refractivity contribution in [2.75, 3.05) is 11.9 Å². The van der Waals surface area contributed by atoms with E-state index >= 15 is 0 Å². The third-order valence-electron chi connectivity index (χ3n) is 6.00. The van der Waals surface area contributed by atoms with Crippen molar-refractivity contribution >= 4 is 33.6 Å². The zero-order valence-electron chi connectivity index (χ0n) is 19.7. The van der Waals surface area contributed by atoms with Gasteiger partial charge in [0.05, 0.1) is 23.1 Å². The number of hydrogen-bond donors (Lipinski definition) is 3. The number of hydrogen-bond acceptors (Lipinski definition) is 6. The number of rotatable bonds is 8. The van der Waals surface area contributed by atoms with E-state index in [9.17, 15) is 5.26 Å². The Balaban J connectivity index is 1.36. The Morgan fingerprint density at radius 1 is 1.06 bits per heavy atom. The summed E-state index contributed by atoms with van der Waals surface area (Å²) in [4.78, 5) is 14.3. The van der Waals surface area contributed by atoms with E-state index in [1.807, 2.05) is 6.20 Å². The van der Waals surface area contributed by atoms with Crippen LogP contribution in [-0.2, 0) is 13.0 Å². The Labute approximate surface area is 208 Å². The van der Waals surface area contributed by atoms with Gasteiger partial charge >= 0.3 is 0 Å². The number of nitrogens with one attached hydrogen (secondary N) is 3. The number of anilines is 2. The number of pyridine rings is 1. The number of nitriles is 1. The summed E-state index contributed by atoms with van der Waals surface area (Å²) >= 11 is 1.78. The largest absolute Gasteiger partial charge is 0.354 e. The molecule has 0 bridgehead atoms. The minimum atomic E-state index is 0.532. The van der Waals surface area contributed by atoms with Gasteiger partial charge in [-0.05, 0) is 49.2 Å². The maximum atomic E-state index is 9.71. The molecule has 3 aromatic heterocycles. The molecule has 0 spiro atoms. The summed E-state index contributed by atoms with van der Waals surface area (Å²) in [6, 6.07) is 19.2. The average molecular weight is 479 g/mol. The lowest BCUT2D eigenvalue weighted by Crippen LogP contribution is -2.16. The molecule has 5 aromatic rings. The van der Waals surface area contributed by atoms with Gasteiger partial charge in [0.25, 0.3) is 0 Å². The molecule has 5 rings (SSSR count). The van der Waals surface area contributed by atoms with Crippen molar-refractivity contribution in [3.8, 4) is 16.5 Å². The summed E-state index contributed by atoms with van der Waals surface area (Å²) in [7, 11) is 0. The van der Waals surface area contributed by atoms with Crippen molar-refractivity contribution in [2.24, 2.45) is 0 Å². The van der Waals surface area contributed by atoms with Gasteiger partial charge in [0.2, 0.25) is 0 Å². The van der Waals surface area contributed by atoms with Crippen LogP contribution in [-0.4, -0.2) is 21.5 Å². The first-order valence-corrected chi connectivity index (χ1v) is 12.4. The first-order chi connectivity index (χ1) is 17.1. The molecule has 0 saturated carbocycles. The van der Waals surface area contributed by atoms with Gasteiger partial charge in [0.1, 0.15) is 6.07 Å². The molecule has 2 aromatic carbocycles. The van der Waals surface area contributed by atoms with Gasteiger partial charge in [-0.15, -0.1) is 11.3 Å². The van der Waals surface area contributed by atoms with Gasteiger partial charge in [0.15, 0.2) is 0 Å². The monoisotopic (exact) mass is 478 g/mol. The summed E-state index contributed by atoms with van der Waals surface area (Å²) in [6.45, 7) is 5.88. The predicted octanol–water partition coefficient (Wildman–Crippen LogP) is 6.25. The van der Waals surface area contributed by atoms with Crippen molar-refractivity contribution < 1.29 is 0 Å². The van der Waals surface area contributed by atoms with Gasteiger partial charge in [-0.1, -0.05) is 29.8 Å². The number of aryl methyl sites for hydroxylation is 2. The maximum absolute atomic E-state index is 9.71. The number of aromatic amines is 1. The Bertz CT molecular complexity index is 1510. The molecule has 0 radical (unpaired) electrons. The predicted molar refractivity (Wildman–Crippen MR) is 143 cm³/mol. The second-order valence-corrected chi connectivity index (χ2v) is 9.77. The molecule has 0 aliphatic rings. The Morgan fingerprint density at radius 3 is 2.77 bits per heavy atom. The van der Waals surface area contributed by atoms with Gasteiger partial charge in [-0.25, -0.2) is 4.98 Å². The molecular formula is C28H26N6S. The van der Waals surface area contributed by atoms with E-state index in [1.165, 1.54) is 15.3 Å². The molecule has 0 fully saturated rings. The number of H-pyrrole nitrogens is 1. The van der Waals surface area contributed by atoms with Crippen molar-refractivity contribution in [2.45, 2.75) is 26.8 Å². The van der Waals surface area contributed by atoms with Crippen LogP contribution >= 0.6 is 11.3 Å². The van der Waals surface area contributed by atoms with Gasteiger partial charge in [0, 0.05) is 58.4 Å². The summed E-state index contributed by atoms with van der Waals surface area (Å²) in [6.07, 6.45) is 6.16. The van der Waals surface area contributed by atoms with Gasteiger partial charge in [-0.3, -0.25) is 4.98 Å². The number of benzene rings is 2. The van der Waals surface area contributed by atoms with Gasteiger partial charge < -0.3 is 15.6 Å². The molecule has 0 saturated heterocycles. The number of fused-ring (bicyclic) bond motifs is 1. The lowest BCUT2D eigenvalue weighted by atomic mass is 10.0. The summed E-state index contributed by atoms with van der Waals surface area (Å²) < 4.78 is 0. The molecule has 0 aliphatic carbocycles. The first-order valence-electron chi connectivity index (χ1n) is 11.5. The van der Waals surface area contributed by atoms with Crippen LogP contribution in [0.25, 0.3) is 21.3 Å². The Hall–Kier alpha value is -3.99. The number of nitrogens with zero attached hydrogens (tertiary/aromatic N) is 3. The van der Waals surface area contributed by atoms with Gasteiger partial charge in [-0.2, -0.15) is 5.26 Å². The van der Waals surface area contributed by atoms with Crippen LogP contribution in [0.1, 0.15) is 27.3 Å². The zero-order chi connectivity index (χ0) is 24.2. The standard InChI is InChI=1S/C28H26N6S/c1-18-3-7-25(19(2)11-18)34-28-21(13-29)14-32-26-12-20(4-6-24(26)28)27-8-5-23(35-27)16-30-10-9-22-15-31-17-33-22/h3-8,11-12,14-15,17,30H,9-10,16H2,1-2H3,(H,31,33)(H,32,34). The minimum absolute atomic E-state index is 0.532. The lowest BCUT2D eigenvalue weighted by molar-refractivity contribution is 0.687. The second-order valence-electron chi connectivity index (χ2n) is 8.60. The minimum Gasteiger partial charge on any atom is -0.354 e. The lowest BCUT2D eigenvalue weighted by Gasteiger charge is -2.14. The number of thiophene rings is 1. The Kier molecular flexibility index (Phi) is 6.57. The van der Waals surface area contributed by atoms with E-state index in [1.54, 1.807) is 23.9 Å². The molecule has 3 heterocycles.